The van der Waals surface area contributed by atoms with E-state index in [-0.39, 0.29) is 23.6 Å². The molecule has 3 aromatic heterocycles. The molecule has 1 atom stereocenters. The zero-order valence-electron chi connectivity index (χ0n) is 22.6. The van der Waals surface area contributed by atoms with E-state index in [4.69, 9.17) is 9.47 Å². The Labute approximate surface area is 226 Å². The van der Waals surface area contributed by atoms with Gasteiger partial charge in [-0.3, -0.25) is 19.2 Å². The van der Waals surface area contributed by atoms with E-state index in [2.05, 4.69) is 26.9 Å². The summed E-state index contributed by atoms with van der Waals surface area (Å²) in [6.45, 7) is 8.16. The minimum atomic E-state index is -0.163. The van der Waals surface area contributed by atoms with Crippen LogP contribution in [-0.2, 0) is 11.3 Å². The Balaban J connectivity index is 1.29. The fraction of sp³-hybridized carbons (Fsp3) is 0.448. The molecule has 0 spiro atoms. The predicted octanol–water partition coefficient (Wildman–Crippen LogP) is 3.29. The molecule has 2 aliphatic rings. The number of methoxy groups -OCH3 is 1. The molecule has 0 saturated carbocycles. The monoisotopic (exact) mass is 530 g/mol. The van der Waals surface area contributed by atoms with Crippen LogP contribution in [0.1, 0.15) is 47.3 Å². The summed E-state index contributed by atoms with van der Waals surface area (Å²) in [5, 5.41) is 6.00. The molecule has 1 amide bonds. The third kappa shape index (κ3) is 4.68. The predicted molar refractivity (Wildman–Crippen MR) is 148 cm³/mol. The zero-order valence-corrected chi connectivity index (χ0v) is 22.6. The van der Waals surface area contributed by atoms with Gasteiger partial charge in [-0.1, -0.05) is 6.07 Å². The van der Waals surface area contributed by atoms with Crippen molar-refractivity contribution < 1.29 is 14.3 Å². The highest BCUT2D eigenvalue weighted by molar-refractivity contribution is 6.07. The molecule has 5 heterocycles. The van der Waals surface area contributed by atoms with Crippen LogP contribution in [0.25, 0.3) is 21.8 Å². The Morgan fingerprint density at radius 2 is 2.03 bits per heavy atom. The molecule has 2 aliphatic heterocycles. The number of benzene rings is 1. The lowest BCUT2D eigenvalue weighted by atomic mass is 10.0. The number of hydrogen-bond donors (Lipinski definition) is 1. The van der Waals surface area contributed by atoms with Gasteiger partial charge in [-0.25, -0.2) is 4.98 Å². The van der Waals surface area contributed by atoms with Crippen molar-refractivity contribution in [2.24, 2.45) is 0 Å². The Morgan fingerprint density at radius 1 is 1.21 bits per heavy atom. The van der Waals surface area contributed by atoms with Gasteiger partial charge in [0, 0.05) is 68.1 Å². The van der Waals surface area contributed by atoms with E-state index < -0.39 is 0 Å². The second-order valence-electron chi connectivity index (χ2n) is 10.6. The van der Waals surface area contributed by atoms with Gasteiger partial charge in [-0.15, -0.1) is 0 Å². The van der Waals surface area contributed by atoms with Gasteiger partial charge in [0.2, 0.25) is 5.88 Å². The summed E-state index contributed by atoms with van der Waals surface area (Å²) in [6, 6.07) is 8.15. The van der Waals surface area contributed by atoms with Crippen LogP contribution < -0.4 is 10.3 Å². The number of pyridine rings is 2. The number of H-pyrrole nitrogens is 1. The number of ether oxygens (including phenoxy) is 2. The number of hydrogen-bond acceptors (Lipinski definition) is 7. The Kier molecular flexibility index (Phi) is 6.82. The highest BCUT2D eigenvalue weighted by atomic mass is 16.5. The van der Waals surface area contributed by atoms with E-state index in [1.54, 1.807) is 19.5 Å². The summed E-state index contributed by atoms with van der Waals surface area (Å²) in [5.41, 5.74) is 3.89. The Bertz CT molecular complexity index is 1590. The molecule has 6 rings (SSSR count). The maximum Gasteiger partial charge on any atom is 0.259 e. The van der Waals surface area contributed by atoms with Gasteiger partial charge >= 0.3 is 0 Å². The third-order valence-electron chi connectivity index (χ3n) is 8.14. The lowest BCUT2D eigenvalue weighted by molar-refractivity contribution is 0.0492. The second kappa shape index (κ2) is 10.4. The molecule has 0 unspecified atom stereocenters. The van der Waals surface area contributed by atoms with E-state index in [0.717, 1.165) is 53.5 Å². The van der Waals surface area contributed by atoms with Gasteiger partial charge in [0.05, 0.1) is 35.8 Å². The molecule has 2 fully saturated rings. The first-order chi connectivity index (χ1) is 18.9. The highest BCUT2D eigenvalue weighted by Crippen LogP contribution is 2.30. The first-order valence-corrected chi connectivity index (χ1v) is 13.6. The molecule has 204 valence electrons. The first kappa shape index (κ1) is 25.5. The van der Waals surface area contributed by atoms with Crippen LogP contribution in [0.4, 0.5) is 0 Å². The van der Waals surface area contributed by atoms with Crippen LogP contribution >= 0.6 is 0 Å². The number of carbonyl (C=O) groups is 1. The number of amides is 1. The van der Waals surface area contributed by atoms with Crippen molar-refractivity contribution in [2.45, 2.75) is 45.3 Å². The van der Waals surface area contributed by atoms with Crippen molar-refractivity contribution in [1.29, 1.82) is 0 Å². The molecule has 1 N–H and O–H groups in total. The average Bonchev–Trinajstić information content (AvgIpc) is 3.40. The molecule has 2 saturated heterocycles. The van der Waals surface area contributed by atoms with Gasteiger partial charge in [-0.05, 0) is 50.5 Å². The molecule has 0 aliphatic carbocycles. The molecule has 0 bridgehead atoms. The highest BCUT2D eigenvalue weighted by Gasteiger charge is 2.29. The summed E-state index contributed by atoms with van der Waals surface area (Å²) < 4.78 is 12.9. The smallest absolute Gasteiger partial charge is 0.259 e. The minimum absolute atomic E-state index is 0.0105. The van der Waals surface area contributed by atoms with Crippen LogP contribution in [-0.4, -0.2) is 81.5 Å². The molecule has 10 nitrogen and oxygen atoms in total. The number of piperazine rings is 1. The number of aromatic amines is 1. The molecule has 10 heteroatoms. The largest absolute Gasteiger partial charge is 0.481 e. The van der Waals surface area contributed by atoms with Crippen molar-refractivity contribution >= 4 is 27.7 Å². The summed E-state index contributed by atoms with van der Waals surface area (Å²) in [5.74, 6) is 0.649. The normalized spacial score (nSPS) is 19.2. The Hall–Kier alpha value is -3.76. The summed E-state index contributed by atoms with van der Waals surface area (Å²) in [7, 11) is 1.64. The van der Waals surface area contributed by atoms with Crippen molar-refractivity contribution in [3.05, 3.63) is 63.7 Å². The number of fused-ring (bicyclic) bond motifs is 3. The van der Waals surface area contributed by atoms with Gasteiger partial charge in [-0.2, -0.15) is 5.10 Å². The van der Waals surface area contributed by atoms with E-state index in [0.29, 0.717) is 43.1 Å². The molecule has 1 aromatic carbocycles. The molecule has 4 aromatic rings. The maximum absolute atomic E-state index is 13.9. The van der Waals surface area contributed by atoms with E-state index in [1.807, 2.05) is 40.8 Å². The van der Waals surface area contributed by atoms with Crippen LogP contribution in [0.3, 0.4) is 0 Å². The second-order valence-corrected chi connectivity index (χ2v) is 10.6. The number of rotatable bonds is 5. The maximum atomic E-state index is 13.9. The number of nitrogens with one attached hydrogen (secondary N) is 1. The third-order valence-corrected chi connectivity index (χ3v) is 8.14. The van der Waals surface area contributed by atoms with Crippen molar-refractivity contribution in [1.82, 2.24) is 29.5 Å². The lowest BCUT2D eigenvalue weighted by Crippen LogP contribution is -2.53. The van der Waals surface area contributed by atoms with E-state index in [1.165, 1.54) is 0 Å². The Morgan fingerprint density at radius 3 is 2.79 bits per heavy atom. The van der Waals surface area contributed by atoms with E-state index >= 15 is 0 Å². The zero-order chi connectivity index (χ0) is 27.1. The van der Waals surface area contributed by atoms with Crippen molar-refractivity contribution in [2.75, 3.05) is 40.0 Å². The summed E-state index contributed by atoms with van der Waals surface area (Å²) in [4.78, 5) is 38.4. The molecular weight excluding hydrogens is 496 g/mol. The number of carbonyl (C=O) groups excluding carboxylic acids is 1. The summed E-state index contributed by atoms with van der Waals surface area (Å²) in [6.07, 6.45) is 5.06. The fourth-order valence-electron chi connectivity index (χ4n) is 5.96. The van der Waals surface area contributed by atoms with Gasteiger partial charge < -0.3 is 19.4 Å². The van der Waals surface area contributed by atoms with E-state index in [9.17, 15) is 9.59 Å². The average molecular weight is 531 g/mol. The topological polar surface area (TPSA) is 106 Å². The quantitative estimate of drug-likeness (QED) is 0.422. The van der Waals surface area contributed by atoms with Gasteiger partial charge in [0.25, 0.3) is 11.5 Å². The lowest BCUT2D eigenvalue weighted by Gasteiger charge is -2.40. The molecule has 39 heavy (non-hydrogen) atoms. The fourth-order valence-corrected chi connectivity index (χ4v) is 5.96. The van der Waals surface area contributed by atoms with Crippen LogP contribution in [0.5, 0.6) is 5.88 Å². The summed E-state index contributed by atoms with van der Waals surface area (Å²) >= 11 is 0. The first-order valence-electron chi connectivity index (χ1n) is 13.6. The number of nitrogens with zero attached hydrogens (tertiary/aromatic N) is 5. The van der Waals surface area contributed by atoms with Gasteiger partial charge in [0.1, 0.15) is 0 Å². The minimum Gasteiger partial charge on any atom is -0.481 e. The standard InChI is InChI=1S/C29H34N6O4/c1-18-13-25-23(26-24(27(36)32-25)15-31-35(26)21-6-11-39-12-7-21)14-22(18)29(37)34-10-9-33(19(2)16-34)17-20-5-4-8-30-28(20)38-3/h4-5,8,13-15,19,21H,6-7,9-12,16-17H2,1-3H3,(H,32,36)/t19-/m0/s1. The van der Waals surface area contributed by atoms with Gasteiger partial charge in [0.15, 0.2) is 0 Å². The van der Waals surface area contributed by atoms with Crippen LogP contribution in [0.15, 0.2) is 41.5 Å². The number of aromatic nitrogens is 4. The molecule has 0 radical (unpaired) electrons. The van der Waals surface area contributed by atoms with Crippen molar-refractivity contribution in [3.8, 4) is 5.88 Å². The number of aryl methyl sites for hydroxylation is 1. The SMILES string of the molecule is COc1ncccc1CN1CCN(C(=O)c2cc3c(cc2C)[nH]c(=O)c2cnn(C4CCOCC4)c23)C[C@@H]1C. The molecular formula is C29H34N6O4. The van der Waals surface area contributed by atoms with Crippen molar-refractivity contribution in [3.63, 3.8) is 0 Å². The van der Waals surface area contributed by atoms with Crippen LogP contribution in [0, 0.1) is 6.92 Å². The van der Waals surface area contributed by atoms with Crippen LogP contribution in [0.2, 0.25) is 0 Å².